The van der Waals surface area contributed by atoms with Gasteiger partial charge in [0.05, 0.1) is 27.7 Å². The topological polar surface area (TPSA) is 77.0 Å². The lowest BCUT2D eigenvalue weighted by atomic mass is 10.0. The largest absolute Gasteiger partial charge is 0.472 e. The summed E-state index contributed by atoms with van der Waals surface area (Å²) in [5.41, 5.74) is 0.923. The van der Waals surface area contributed by atoms with Crippen LogP contribution in [0.2, 0.25) is 0 Å². The summed E-state index contributed by atoms with van der Waals surface area (Å²) in [7, 11) is 1.84. The molecule has 7 nitrogen and oxygen atoms in total. The van der Waals surface area contributed by atoms with Gasteiger partial charge in [0.1, 0.15) is 19.3 Å². The molecule has 0 fully saturated rings. The number of nitrogens with one attached hydrogen (secondary N) is 1. The van der Waals surface area contributed by atoms with E-state index in [2.05, 4.69) is 12.2 Å². The number of hydrogen-bond acceptors (Lipinski definition) is 5. The van der Waals surface area contributed by atoms with Gasteiger partial charge in [0, 0.05) is 18.8 Å². The first-order chi connectivity index (χ1) is 18.2. The van der Waals surface area contributed by atoms with E-state index in [9.17, 15) is 9.46 Å². The zero-order chi connectivity index (χ0) is 28.0. The van der Waals surface area contributed by atoms with Crippen molar-refractivity contribution in [1.29, 1.82) is 0 Å². The van der Waals surface area contributed by atoms with Gasteiger partial charge in [-0.05, 0) is 18.6 Å². The van der Waals surface area contributed by atoms with Crippen molar-refractivity contribution in [3.63, 3.8) is 0 Å². The molecule has 0 bridgehead atoms. The van der Waals surface area contributed by atoms with Crippen LogP contribution < -0.4 is 5.32 Å². The van der Waals surface area contributed by atoms with E-state index in [1.165, 1.54) is 77.0 Å². The number of likely N-dealkylation sites (N-methyl/N-ethyl adjacent to an activating group) is 1. The quantitative estimate of drug-likeness (QED) is 0.0687. The molecule has 2 N–H and O–H groups in total. The lowest BCUT2D eigenvalue weighted by Crippen LogP contribution is -2.37. The van der Waals surface area contributed by atoms with Crippen molar-refractivity contribution in [1.82, 2.24) is 0 Å². The number of rotatable bonds is 26. The number of anilines is 1. The maximum Gasteiger partial charge on any atom is 0.472 e. The Morgan fingerprint density at radius 2 is 1.34 bits per heavy atom. The second-order valence-electron chi connectivity index (χ2n) is 11.5. The summed E-state index contributed by atoms with van der Waals surface area (Å²) in [5.74, 6) is 0. The van der Waals surface area contributed by atoms with E-state index in [0.29, 0.717) is 24.2 Å². The second kappa shape index (κ2) is 21.8. The molecule has 0 spiro atoms. The number of unbranched alkanes of at least 4 members (excludes halogenated alkanes) is 13. The van der Waals surface area contributed by atoms with Crippen molar-refractivity contribution in [3.8, 4) is 0 Å². The third kappa shape index (κ3) is 21.9. The van der Waals surface area contributed by atoms with Gasteiger partial charge >= 0.3 is 7.82 Å². The molecule has 0 radical (unpaired) electrons. The van der Waals surface area contributed by atoms with Gasteiger partial charge in [0.2, 0.25) is 0 Å². The van der Waals surface area contributed by atoms with Crippen LogP contribution in [0.3, 0.4) is 0 Å². The molecule has 38 heavy (non-hydrogen) atoms. The highest BCUT2D eigenvalue weighted by Crippen LogP contribution is 2.44. The molecule has 0 heterocycles. The third-order valence-corrected chi connectivity index (χ3v) is 7.63. The van der Waals surface area contributed by atoms with Gasteiger partial charge in [-0.25, -0.2) is 4.57 Å². The van der Waals surface area contributed by atoms with E-state index in [1.807, 2.05) is 51.5 Å². The summed E-state index contributed by atoms with van der Waals surface area (Å²) in [5, 5.41) is 3.26. The zero-order valence-electron chi connectivity index (χ0n) is 24.9. The molecule has 0 aliphatic carbocycles. The van der Waals surface area contributed by atoms with E-state index >= 15 is 0 Å². The van der Waals surface area contributed by atoms with Crippen LogP contribution in [-0.4, -0.2) is 69.5 Å². The predicted octanol–water partition coefficient (Wildman–Crippen LogP) is 7.80. The minimum Gasteiger partial charge on any atom is -0.382 e. The normalized spacial score (nSPS) is 14.3. The number of nitrogens with zero attached hydrogens (tertiary/aromatic N) is 1. The number of phosphoric acid groups is 1. The number of phosphoric ester groups is 1. The first kappa shape index (κ1) is 35.1. The predicted molar refractivity (Wildman–Crippen MR) is 160 cm³/mol. The van der Waals surface area contributed by atoms with Gasteiger partial charge < -0.3 is 19.4 Å². The molecule has 0 saturated heterocycles. The fraction of sp³-hybridized carbons (Fsp3) is 0.800. The molecule has 1 aromatic rings. The molecule has 0 saturated carbocycles. The average molecular weight is 558 g/mol. The van der Waals surface area contributed by atoms with Crippen LogP contribution in [0, 0.1) is 0 Å². The van der Waals surface area contributed by atoms with Gasteiger partial charge in [-0.3, -0.25) is 9.05 Å². The van der Waals surface area contributed by atoms with Crippen LogP contribution in [0.15, 0.2) is 30.3 Å². The monoisotopic (exact) mass is 557 g/mol. The highest BCUT2D eigenvalue weighted by Gasteiger charge is 2.27. The Bertz CT molecular complexity index is 714. The van der Waals surface area contributed by atoms with Crippen LogP contribution in [0.25, 0.3) is 0 Å². The molecule has 0 aliphatic heterocycles. The van der Waals surface area contributed by atoms with Crippen molar-refractivity contribution >= 4 is 13.5 Å². The highest BCUT2D eigenvalue weighted by atomic mass is 31.2. The smallest absolute Gasteiger partial charge is 0.382 e. The van der Waals surface area contributed by atoms with Crippen molar-refractivity contribution in [2.45, 2.75) is 103 Å². The van der Waals surface area contributed by atoms with E-state index in [0.717, 1.165) is 18.5 Å². The third-order valence-electron chi connectivity index (χ3n) is 6.55. The Labute approximate surface area is 233 Å². The maximum absolute atomic E-state index is 12.5. The zero-order valence-corrected chi connectivity index (χ0v) is 25.8. The number of quaternary nitrogens is 1. The van der Waals surface area contributed by atoms with Crippen LogP contribution in [0.4, 0.5) is 5.69 Å². The maximum atomic E-state index is 12.5. The van der Waals surface area contributed by atoms with Gasteiger partial charge in [-0.2, -0.15) is 0 Å². The minimum absolute atomic E-state index is 0.149. The number of hydrogen-bond donors (Lipinski definition) is 2. The molecular formula is C30H58N2O5P+. The summed E-state index contributed by atoms with van der Waals surface area (Å²) >= 11 is 0. The van der Waals surface area contributed by atoms with Crippen LogP contribution in [0.5, 0.6) is 0 Å². The molecule has 0 aliphatic rings. The Morgan fingerprint density at radius 3 is 1.87 bits per heavy atom. The first-order valence-electron chi connectivity index (χ1n) is 15.0. The van der Waals surface area contributed by atoms with Crippen molar-refractivity contribution in [2.24, 2.45) is 0 Å². The van der Waals surface area contributed by atoms with E-state index in [4.69, 9.17) is 13.8 Å². The van der Waals surface area contributed by atoms with Crippen molar-refractivity contribution in [2.75, 3.05) is 59.4 Å². The molecule has 1 rings (SSSR count). The Balaban J connectivity index is 2.19. The lowest BCUT2D eigenvalue weighted by molar-refractivity contribution is -0.870. The SMILES string of the molecule is CCCCCCCCCCCCCCCCOCC(CNc1ccccc1)OP(=O)(O)OCC[N+](C)(C)C. The molecule has 222 valence electrons. The number of benzene rings is 1. The molecule has 8 heteroatoms. The van der Waals surface area contributed by atoms with Gasteiger partial charge in [0.15, 0.2) is 0 Å². The lowest BCUT2D eigenvalue weighted by Gasteiger charge is -2.25. The molecule has 0 amide bonds. The van der Waals surface area contributed by atoms with Crippen LogP contribution in [-0.2, 0) is 18.3 Å². The molecule has 0 aromatic heterocycles. The Hall–Kier alpha value is -0.950. The molecular weight excluding hydrogens is 499 g/mol. The summed E-state index contributed by atoms with van der Waals surface area (Å²) in [4.78, 5) is 10.2. The second-order valence-corrected chi connectivity index (χ2v) is 12.9. The highest BCUT2D eigenvalue weighted by molar-refractivity contribution is 7.47. The average Bonchev–Trinajstić information content (AvgIpc) is 2.86. The van der Waals surface area contributed by atoms with E-state index in [1.54, 1.807) is 0 Å². The first-order valence-corrected chi connectivity index (χ1v) is 16.5. The van der Waals surface area contributed by atoms with Gasteiger partial charge in [-0.1, -0.05) is 109 Å². The van der Waals surface area contributed by atoms with Crippen molar-refractivity contribution < 1.29 is 27.7 Å². The Morgan fingerprint density at radius 1 is 0.816 bits per heavy atom. The number of ether oxygens (including phenoxy) is 1. The van der Waals surface area contributed by atoms with Gasteiger partial charge in [-0.15, -0.1) is 0 Å². The standard InChI is InChI=1S/C30H57N2O5P/c1-5-6-7-8-9-10-11-12-13-14-15-16-17-21-25-35-28-30(27-31-29-22-19-18-20-23-29)37-38(33,34)36-26-24-32(2,3)4/h18-20,22-23,30-31H,5-17,21,24-28H2,1-4H3/p+1. The van der Waals surface area contributed by atoms with Crippen LogP contribution >= 0.6 is 7.82 Å². The number of para-hydroxylation sites is 1. The van der Waals surface area contributed by atoms with Gasteiger partial charge in [0.25, 0.3) is 0 Å². The van der Waals surface area contributed by atoms with Crippen LogP contribution in [0.1, 0.15) is 96.8 Å². The fourth-order valence-corrected chi connectivity index (χ4v) is 5.06. The summed E-state index contributed by atoms with van der Waals surface area (Å²) in [6.07, 6.45) is 17.9. The molecule has 2 unspecified atom stereocenters. The van der Waals surface area contributed by atoms with E-state index < -0.39 is 13.9 Å². The van der Waals surface area contributed by atoms with E-state index in [-0.39, 0.29) is 13.2 Å². The fourth-order valence-electron chi connectivity index (χ4n) is 4.18. The molecule has 1 aromatic carbocycles. The summed E-state index contributed by atoms with van der Waals surface area (Å²) in [6, 6.07) is 9.72. The summed E-state index contributed by atoms with van der Waals surface area (Å²) in [6.45, 7) is 4.24. The molecule has 2 atom stereocenters. The minimum atomic E-state index is -4.18. The summed E-state index contributed by atoms with van der Waals surface area (Å²) < 4.78 is 29.7. The van der Waals surface area contributed by atoms with Crippen molar-refractivity contribution in [3.05, 3.63) is 30.3 Å². The Kier molecular flexibility index (Phi) is 20.1.